The Morgan fingerprint density at radius 3 is 2.72 bits per heavy atom. The Labute approximate surface area is 112 Å². The molecule has 3 nitrogen and oxygen atoms in total. The van der Waals surface area contributed by atoms with E-state index in [2.05, 4.69) is 39.7 Å². The van der Waals surface area contributed by atoms with Crippen molar-refractivity contribution in [2.24, 2.45) is 0 Å². The molecule has 0 spiro atoms. The van der Waals surface area contributed by atoms with Crippen molar-refractivity contribution in [3.63, 3.8) is 0 Å². The summed E-state index contributed by atoms with van der Waals surface area (Å²) >= 11 is 1.79. The predicted octanol–water partition coefficient (Wildman–Crippen LogP) is 3.13. The average molecular weight is 261 g/mol. The van der Waals surface area contributed by atoms with Crippen LogP contribution in [0, 0.1) is 6.92 Å². The minimum Gasteiger partial charge on any atom is -0.307 e. The van der Waals surface area contributed by atoms with Gasteiger partial charge in [-0.3, -0.25) is 0 Å². The summed E-state index contributed by atoms with van der Waals surface area (Å²) in [6, 6.07) is 4.47. The third-order valence-corrected chi connectivity index (χ3v) is 3.64. The smallest absolute Gasteiger partial charge is 0.145 e. The van der Waals surface area contributed by atoms with Crippen molar-refractivity contribution in [1.29, 1.82) is 0 Å². The summed E-state index contributed by atoms with van der Waals surface area (Å²) in [7, 11) is 0. The first-order valence-corrected chi connectivity index (χ1v) is 7.22. The molecule has 1 N–H and O–H groups in total. The lowest BCUT2D eigenvalue weighted by Crippen LogP contribution is -2.25. The molecule has 18 heavy (non-hydrogen) atoms. The maximum Gasteiger partial charge on any atom is 0.145 e. The molecule has 2 heterocycles. The molecule has 2 aromatic rings. The van der Waals surface area contributed by atoms with Crippen molar-refractivity contribution in [3.8, 4) is 0 Å². The van der Waals surface area contributed by atoms with Gasteiger partial charge in [0.1, 0.15) is 5.82 Å². The monoisotopic (exact) mass is 261 g/mol. The molecule has 0 saturated carbocycles. The van der Waals surface area contributed by atoms with Crippen LogP contribution in [0.2, 0.25) is 0 Å². The second kappa shape index (κ2) is 6.61. The van der Waals surface area contributed by atoms with Crippen molar-refractivity contribution in [1.82, 2.24) is 15.3 Å². The summed E-state index contributed by atoms with van der Waals surface area (Å²) in [5.41, 5.74) is 1.10. The molecule has 0 saturated heterocycles. The minimum atomic E-state index is 0.212. The number of nitrogens with one attached hydrogen (secondary N) is 1. The maximum absolute atomic E-state index is 4.44. The van der Waals surface area contributed by atoms with Crippen LogP contribution >= 0.6 is 11.3 Å². The lowest BCUT2D eigenvalue weighted by molar-refractivity contribution is 0.507. The third-order valence-electron chi connectivity index (χ3n) is 2.74. The van der Waals surface area contributed by atoms with E-state index in [9.17, 15) is 0 Å². The quantitative estimate of drug-likeness (QED) is 0.868. The lowest BCUT2D eigenvalue weighted by Gasteiger charge is -2.16. The van der Waals surface area contributed by atoms with E-state index in [1.807, 2.05) is 19.3 Å². The molecule has 0 aromatic carbocycles. The van der Waals surface area contributed by atoms with Gasteiger partial charge in [0.05, 0.1) is 6.04 Å². The molecule has 0 aliphatic rings. The van der Waals surface area contributed by atoms with E-state index in [4.69, 9.17) is 0 Å². The molecular formula is C14H19N3S. The fourth-order valence-electron chi connectivity index (χ4n) is 1.79. The van der Waals surface area contributed by atoms with Crippen molar-refractivity contribution in [2.45, 2.75) is 32.7 Å². The van der Waals surface area contributed by atoms with Gasteiger partial charge in [0.15, 0.2) is 0 Å². The van der Waals surface area contributed by atoms with E-state index in [-0.39, 0.29) is 6.04 Å². The normalized spacial score (nSPS) is 12.6. The second-order valence-corrected chi connectivity index (χ2v) is 5.44. The van der Waals surface area contributed by atoms with E-state index in [1.54, 1.807) is 11.3 Å². The van der Waals surface area contributed by atoms with Crippen molar-refractivity contribution < 1.29 is 0 Å². The molecule has 4 heteroatoms. The zero-order valence-corrected chi connectivity index (χ0v) is 11.7. The zero-order chi connectivity index (χ0) is 12.8. The Morgan fingerprint density at radius 1 is 1.33 bits per heavy atom. The Bertz CT molecular complexity index is 450. The highest BCUT2D eigenvalue weighted by atomic mass is 32.1. The first kappa shape index (κ1) is 13.2. The molecule has 0 fully saturated rings. The van der Waals surface area contributed by atoms with E-state index < -0.39 is 0 Å². The second-order valence-electron chi connectivity index (χ2n) is 4.41. The molecule has 2 aromatic heterocycles. The van der Waals surface area contributed by atoms with Crippen LogP contribution in [0.5, 0.6) is 0 Å². The van der Waals surface area contributed by atoms with Crippen LogP contribution in [0.3, 0.4) is 0 Å². The number of aromatic nitrogens is 2. The molecular weight excluding hydrogens is 242 g/mol. The van der Waals surface area contributed by atoms with Gasteiger partial charge in [-0.05, 0) is 36.9 Å². The predicted molar refractivity (Wildman–Crippen MR) is 75.8 cm³/mol. The van der Waals surface area contributed by atoms with Crippen LogP contribution in [0.1, 0.15) is 35.7 Å². The zero-order valence-electron chi connectivity index (χ0n) is 10.9. The fraction of sp³-hybridized carbons (Fsp3) is 0.429. The van der Waals surface area contributed by atoms with Crippen LogP contribution in [0.15, 0.2) is 29.9 Å². The SMILES string of the molecule is CCCNC(Cc1cccs1)c1ncc(C)cn1. The topological polar surface area (TPSA) is 37.8 Å². The molecule has 0 bridgehead atoms. The highest BCUT2D eigenvalue weighted by molar-refractivity contribution is 7.09. The van der Waals surface area contributed by atoms with Crippen LogP contribution in [-0.4, -0.2) is 16.5 Å². The number of nitrogens with zero attached hydrogens (tertiary/aromatic N) is 2. The van der Waals surface area contributed by atoms with E-state index >= 15 is 0 Å². The molecule has 1 unspecified atom stereocenters. The van der Waals surface area contributed by atoms with Gasteiger partial charge in [-0.1, -0.05) is 13.0 Å². The molecule has 96 valence electrons. The van der Waals surface area contributed by atoms with E-state index in [0.717, 1.165) is 30.8 Å². The van der Waals surface area contributed by atoms with Crippen molar-refractivity contribution >= 4 is 11.3 Å². The number of hydrogen-bond donors (Lipinski definition) is 1. The molecule has 0 aliphatic carbocycles. The summed E-state index contributed by atoms with van der Waals surface area (Å²) in [5, 5.41) is 5.64. The van der Waals surface area contributed by atoms with Crippen LogP contribution in [-0.2, 0) is 6.42 Å². The maximum atomic E-state index is 4.44. The number of hydrogen-bond acceptors (Lipinski definition) is 4. The first-order chi connectivity index (χ1) is 8.79. The Kier molecular flexibility index (Phi) is 4.84. The van der Waals surface area contributed by atoms with Crippen molar-refractivity contribution in [2.75, 3.05) is 6.54 Å². The summed E-state index contributed by atoms with van der Waals surface area (Å²) in [4.78, 5) is 10.3. The van der Waals surface area contributed by atoms with Gasteiger partial charge in [0.2, 0.25) is 0 Å². The molecule has 0 aliphatic heterocycles. The Morgan fingerprint density at radius 2 is 2.11 bits per heavy atom. The van der Waals surface area contributed by atoms with E-state index in [1.165, 1.54) is 4.88 Å². The van der Waals surface area contributed by atoms with Crippen molar-refractivity contribution in [3.05, 3.63) is 46.2 Å². The third kappa shape index (κ3) is 3.62. The highest BCUT2D eigenvalue weighted by Crippen LogP contribution is 2.18. The standard InChI is InChI=1S/C14H19N3S/c1-3-6-15-13(8-12-5-4-7-18-12)14-16-9-11(2)10-17-14/h4-5,7,9-10,13,15H,3,6,8H2,1-2H3. The number of thiophene rings is 1. The van der Waals surface area contributed by atoms with Gasteiger partial charge in [0, 0.05) is 23.7 Å². The van der Waals surface area contributed by atoms with E-state index in [0.29, 0.717) is 0 Å². The fourth-order valence-corrected chi connectivity index (χ4v) is 2.54. The molecule has 2 rings (SSSR count). The Hall–Kier alpha value is -1.26. The number of aryl methyl sites for hydroxylation is 1. The first-order valence-electron chi connectivity index (χ1n) is 6.34. The Balaban J connectivity index is 2.11. The van der Waals surface area contributed by atoms with Gasteiger partial charge in [-0.25, -0.2) is 9.97 Å². The van der Waals surface area contributed by atoms with Crippen LogP contribution < -0.4 is 5.32 Å². The van der Waals surface area contributed by atoms with Gasteiger partial charge in [-0.15, -0.1) is 11.3 Å². The van der Waals surface area contributed by atoms with Gasteiger partial charge in [0.25, 0.3) is 0 Å². The lowest BCUT2D eigenvalue weighted by atomic mass is 10.1. The highest BCUT2D eigenvalue weighted by Gasteiger charge is 2.14. The van der Waals surface area contributed by atoms with Crippen LogP contribution in [0.4, 0.5) is 0 Å². The molecule has 0 amide bonds. The largest absolute Gasteiger partial charge is 0.307 e. The van der Waals surface area contributed by atoms with Gasteiger partial charge < -0.3 is 5.32 Å². The van der Waals surface area contributed by atoms with Crippen LogP contribution in [0.25, 0.3) is 0 Å². The molecule has 1 atom stereocenters. The van der Waals surface area contributed by atoms with Gasteiger partial charge >= 0.3 is 0 Å². The summed E-state index contributed by atoms with van der Waals surface area (Å²) in [6.45, 7) is 5.18. The summed E-state index contributed by atoms with van der Waals surface area (Å²) in [5.74, 6) is 0.891. The minimum absolute atomic E-state index is 0.212. The summed E-state index contributed by atoms with van der Waals surface area (Å²) in [6.07, 6.45) is 5.85. The summed E-state index contributed by atoms with van der Waals surface area (Å²) < 4.78 is 0. The molecule has 0 radical (unpaired) electrons. The van der Waals surface area contributed by atoms with Gasteiger partial charge in [-0.2, -0.15) is 0 Å². The average Bonchev–Trinajstić information content (AvgIpc) is 2.88. The number of rotatable bonds is 6.